The molecule has 0 amide bonds. The Kier molecular flexibility index (Phi) is 3.93. The molecule has 126 valence electrons. The maximum atomic E-state index is 4.52. The van der Waals surface area contributed by atoms with E-state index in [1.165, 1.54) is 5.56 Å². The summed E-state index contributed by atoms with van der Waals surface area (Å²) in [5.74, 6) is 1.90. The molecule has 25 heavy (non-hydrogen) atoms. The molecule has 0 radical (unpaired) electrons. The van der Waals surface area contributed by atoms with E-state index in [1.54, 1.807) is 0 Å². The van der Waals surface area contributed by atoms with Crippen LogP contribution < -0.4 is 5.32 Å². The van der Waals surface area contributed by atoms with E-state index >= 15 is 0 Å². The second-order valence-electron chi connectivity index (χ2n) is 6.15. The average Bonchev–Trinajstić information content (AvgIpc) is 3.19. The molecule has 0 aliphatic rings. The van der Waals surface area contributed by atoms with Crippen LogP contribution in [0.25, 0.3) is 5.65 Å². The van der Waals surface area contributed by atoms with Gasteiger partial charge in [-0.05, 0) is 19.4 Å². The summed E-state index contributed by atoms with van der Waals surface area (Å²) in [7, 11) is 0. The van der Waals surface area contributed by atoms with Crippen molar-refractivity contribution in [3.8, 4) is 0 Å². The minimum absolute atomic E-state index is 0.622. The number of nitrogens with zero attached hydrogens (tertiary/aromatic N) is 5. The highest BCUT2D eigenvalue weighted by Crippen LogP contribution is 2.15. The largest absolute Gasteiger partial charge is 0.363 e. The fraction of sp³-hybridized carbons (Fsp3) is 0.211. The summed E-state index contributed by atoms with van der Waals surface area (Å²) in [6.07, 6.45) is 3.85. The van der Waals surface area contributed by atoms with E-state index < -0.39 is 0 Å². The second-order valence-corrected chi connectivity index (χ2v) is 6.15. The number of rotatable bonds is 5. The highest BCUT2D eigenvalue weighted by molar-refractivity contribution is 5.50. The van der Waals surface area contributed by atoms with Crippen LogP contribution in [-0.2, 0) is 13.1 Å². The van der Waals surface area contributed by atoms with Crippen LogP contribution in [0.1, 0.15) is 22.8 Å². The van der Waals surface area contributed by atoms with E-state index in [-0.39, 0.29) is 0 Å². The maximum Gasteiger partial charge on any atom is 0.157 e. The lowest BCUT2D eigenvalue weighted by Crippen LogP contribution is -2.12. The number of hydrogen-bond acceptors (Lipinski definition) is 4. The van der Waals surface area contributed by atoms with E-state index in [1.807, 2.05) is 49.0 Å². The van der Waals surface area contributed by atoms with Gasteiger partial charge in [0.15, 0.2) is 5.65 Å². The van der Waals surface area contributed by atoms with Crippen molar-refractivity contribution < 1.29 is 0 Å². The van der Waals surface area contributed by atoms with Crippen molar-refractivity contribution in [2.45, 2.75) is 26.9 Å². The summed E-state index contributed by atoms with van der Waals surface area (Å²) < 4.78 is 3.99. The van der Waals surface area contributed by atoms with Gasteiger partial charge in [0.2, 0.25) is 0 Å². The number of nitrogens with one attached hydrogen (secondary N) is 1. The second kappa shape index (κ2) is 6.39. The smallest absolute Gasteiger partial charge is 0.157 e. The molecule has 0 spiro atoms. The SMILES string of the molecule is Cc1cc(NCc2nccn2Cc2ccccc2)n2nc(C)cc2n1. The summed E-state index contributed by atoms with van der Waals surface area (Å²) >= 11 is 0. The third-order valence-electron chi connectivity index (χ3n) is 4.10. The Labute approximate surface area is 146 Å². The lowest BCUT2D eigenvalue weighted by molar-refractivity contribution is 0.732. The molecule has 4 rings (SSSR count). The molecule has 0 fully saturated rings. The van der Waals surface area contributed by atoms with Crippen LogP contribution in [0, 0.1) is 13.8 Å². The molecule has 6 nitrogen and oxygen atoms in total. The summed E-state index contributed by atoms with van der Waals surface area (Å²) in [6.45, 7) is 5.39. The Morgan fingerprint density at radius 3 is 2.72 bits per heavy atom. The van der Waals surface area contributed by atoms with Crippen molar-refractivity contribution in [1.29, 1.82) is 0 Å². The molecule has 0 saturated heterocycles. The minimum Gasteiger partial charge on any atom is -0.363 e. The number of fused-ring (bicyclic) bond motifs is 1. The van der Waals surface area contributed by atoms with Gasteiger partial charge in [0.05, 0.1) is 12.2 Å². The monoisotopic (exact) mass is 332 g/mol. The molecule has 3 heterocycles. The first-order valence-corrected chi connectivity index (χ1v) is 8.31. The highest BCUT2D eigenvalue weighted by atomic mass is 15.3. The van der Waals surface area contributed by atoms with Crippen molar-refractivity contribution in [1.82, 2.24) is 24.1 Å². The number of anilines is 1. The molecule has 0 aliphatic heterocycles. The Morgan fingerprint density at radius 2 is 1.88 bits per heavy atom. The van der Waals surface area contributed by atoms with Crippen molar-refractivity contribution in [2.75, 3.05) is 5.32 Å². The van der Waals surface area contributed by atoms with Crippen molar-refractivity contribution in [2.24, 2.45) is 0 Å². The van der Waals surface area contributed by atoms with Gasteiger partial charge in [0.1, 0.15) is 11.6 Å². The molecule has 0 atom stereocenters. The normalized spacial score (nSPS) is 11.1. The number of hydrogen-bond donors (Lipinski definition) is 1. The zero-order valence-corrected chi connectivity index (χ0v) is 14.3. The standard InChI is InChI=1S/C19H20N6/c1-14-10-17(25-18(22-14)11-15(2)23-25)21-12-19-20-8-9-24(19)13-16-6-4-3-5-7-16/h3-11,21H,12-13H2,1-2H3. The minimum atomic E-state index is 0.622. The molecule has 0 bridgehead atoms. The van der Waals surface area contributed by atoms with Gasteiger partial charge < -0.3 is 9.88 Å². The van der Waals surface area contributed by atoms with E-state index in [4.69, 9.17) is 0 Å². The Morgan fingerprint density at radius 1 is 1.04 bits per heavy atom. The van der Waals surface area contributed by atoms with Crippen LogP contribution in [0.15, 0.2) is 54.9 Å². The molecule has 3 aromatic heterocycles. The van der Waals surface area contributed by atoms with Crippen LogP contribution in [0.3, 0.4) is 0 Å². The van der Waals surface area contributed by atoms with E-state index in [0.29, 0.717) is 6.54 Å². The van der Waals surface area contributed by atoms with E-state index in [0.717, 1.165) is 35.2 Å². The Hall–Kier alpha value is -3.15. The van der Waals surface area contributed by atoms with Gasteiger partial charge in [-0.15, -0.1) is 0 Å². The van der Waals surface area contributed by atoms with Crippen molar-refractivity contribution >= 4 is 11.5 Å². The lowest BCUT2D eigenvalue weighted by Gasteiger charge is -2.11. The first-order valence-electron chi connectivity index (χ1n) is 8.31. The fourth-order valence-electron chi connectivity index (χ4n) is 2.94. The van der Waals surface area contributed by atoms with Crippen LogP contribution in [0.4, 0.5) is 5.82 Å². The third-order valence-corrected chi connectivity index (χ3v) is 4.10. The summed E-state index contributed by atoms with van der Waals surface area (Å²) in [6, 6.07) is 14.4. The van der Waals surface area contributed by atoms with Crippen LogP contribution >= 0.6 is 0 Å². The van der Waals surface area contributed by atoms with E-state index in [2.05, 4.69) is 49.2 Å². The summed E-state index contributed by atoms with van der Waals surface area (Å²) in [5.41, 5.74) is 4.02. The first kappa shape index (κ1) is 15.4. The summed E-state index contributed by atoms with van der Waals surface area (Å²) in [4.78, 5) is 9.01. The topological polar surface area (TPSA) is 60.0 Å². The van der Waals surface area contributed by atoms with Crippen LogP contribution in [0.2, 0.25) is 0 Å². The zero-order chi connectivity index (χ0) is 17.2. The van der Waals surface area contributed by atoms with Crippen molar-refractivity contribution in [3.63, 3.8) is 0 Å². The van der Waals surface area contributed by atoms with Gasteiger partial charge in [-0.25, -0.2) is 9.97 Å². The lowest BCUT2D eigenvalue weighted by atomic mass is 10.2. The number of imidazole rings is 1. The van der Waals surface area contributed by atoms with Gasteiger partial charge in [0, 0.05) is 36.8 Å². The van der Waals surface area contributed by atoms with Crippen LogP contribution in [0.5, 0.6) is 0 Å². The zero-order valence-electron chi connectivity index (χ0n) is 14.3. The molecular formula is C19H20N6. The molecule has 0 aliphatic carbocycles. The Balaban J connectivity index is 1.56. The van der Waals surface area contributed by atoms with Crippen molar-refractivity contribution in [3.05, 3.63) is 77.6 Å². The van der Waals surface area contributed by atoms with E-state index in [9.17, 15) is 0 Å². The quantitative estimate of drug-likeness (QED) is 0.610. The maximum absolute atomic E-state index is 4.52. The molecule has 6 heteroatoms. The molecule has 4 aromatic rings. The molecule has 0 unspecified atom stereocenters. The number of aryl methyl sites for hydroxylation is 2. The summed E-state index contributed by atoms with van der Waals surface area (Å²) in [5, 5.41) is 7.96. The number of aromatic nitrogens is 5. The van der Waals surface area contributed by atoms with Gasteiger partial charge in [-0.2, -0.15) is 9.61 Å². The van der Waals surface area contributed by atoms with Gasteiger partial charge in [-0.3, -0.25) is 0 Å². The molecule has 1 aromatic carbocycles. The predicted molar refractivity (Wildman–Crippen MR) is 97.6 cm³/mol. The highest BCUT2D eigenvalue weighted by Gasteiger charge is 2.08. The molecular weight excluding hydrogens is 312 g/mol. The van der Waals surface area contributed by atoms with Gasteiger partial charge in [-0.1, -0.05) is 30.3 Å². The predicted octanol–water partition coefficient (Wildman–Crippen LogP) is 3.20. The third kappa shape index (κ3) is 3.24. The molecule has 1 N–H and O–H groups in total. The Bertz CT molecular complexity index is 999. The number of benzene rings is 1. The van der Waals surface area contributed by atoms with Gasteiger partial charge in [0.25, 0.3) is 0 Å². The fourth-order valence-corrected chi connectivity index (χ4v) is 2.94. The average molecular weight is 332 g/mol. The van der Waals surface area contributed by atoms with Gasteiger partial charge >= 0.3 is 0 Å². The van der Waals surface area contributed by atoms with Crippen LogP contribution in [-0.4, -0.2) is 24.1 Å². The molecule has 0 saturated carbocycles. The first-order chi connectivity index (χ1) is 12.2.